The number of fused-ring (bicyclic) bond motifs is 1. The van der Waals surface area contributed by atoms with Crippen LogP contribution in [-0.2, 0) is 19.1 Å². The molecule has 2 amide bonds. The van der Waals surface area contributed by atoms with Crippen LogP contribution in [0.3, 0.4) is 0 Å². The number of aromatic nitrogens is 1. The smallest absolute Gasteiger partial charge is 0.334 e. The van der Waals surface area contributed by atoms with Gasteiger partial charge < -0.3 is 19.7 Å². The van der Waals surface area contributed by atoms with E-state index in [4.69, 9.17) is 9.47 Å². The van der Waals surface area contributed by atoms with Crippen LogP contribution in [0.2, 0.25) is 0 Å². The number of hydrogen-bond acceptors (Lipinski definition) is 10. The summed E-state index contributed by atoms with van der Waals surface area (Å²) >= 11 is 4.68. The van der Waals surface area contributed by atoms with Crippen LogP contribution in [0.1, 0.15) is 22.8 Å². The first-order chi connectivity index (χ1) is 21.6. The van der Waals surface area contributed by atoms with Crippen molar-refractivity contribution in [3.8, 4) is 5.75 Å². The molecule has 1 aromatic heterocycles. The number of ketones is 1. The average Bonchev–Trinajstić information content (AvgIpc) is 3.44. The maximum Gasteiger partial charge on any atom is 0.334 e. The zero-order valence-electron chi connectivity index (χ0n) is 24.2. The number of nitrogens with one attached hydrogen (secondary N) is 1. The van der Waals surface area contributed by atoms with Crippen LogP contribution in [0.5, 0.6) is 5.75 Å². The normalized spacial score (nSPS) is 17.2. The van der Waals surface area contributed by atoms with Crippen molar-refractivity contribution in [2.45, 2.75) is 40.7 Å². The molecule has 9 nitrogen and oxygen atoms in total. The average molecular weight is 727 g/mol. The van der Waals surface area contributed by atoms with Gasteiger partial charge in [0.05, 0.1) is 10.2 Å². The number of halogens is 1. The van der Waals surface area contributed by atoms with E-state index >= 15 is 0 Å². The monoisotopic (exact) mass is 725 g/mol. The Labute approximate surface area is 280 Å². The Kier molecular flexibility index (Phi) is 10.6. The Balaban J connectivity index is 1.33. The second kappa shape index (κ2) is 14.6. The molecule has 232 valence electrons. The Bertz CT molecular complexity index is 1740. The topological polar surface area (TPSA) is 115 Å². The fourth-order valence-electron chi connectivity index (χ4n) is 4.52. The highest BCUT2D eigenvalue weighted by atomic mass is 79.9. The van der Waals surface area contributed by atoms with E-state index in [-0.39, 0.29) is 6.61 Å². The molecule has 1 N–H and O–H groups in total. The molecule has 0 saturated carbocycles. The number of aryl methyl sites for hydroxylation is 1. The van der Waals surface area contributed by atoms with Gasteiger partial charge in [-0.25, -0.2) is 9.78 Å². The molecule has 0 bridgehead atoms. The van der Waals surface area contributed by atoms with Crippen molar-refractivity contribution in [3.05, 3.63) is 102 Å². The minimum Gasteiger partial charge on any atom is -0.484 e. The number of para-hydroxylation sites is 1. The summed E-state index contributed by atoms with van der Waals surface area (Å²) in [6, 6.07) is 21.1. The number of β-lactam (4-membered cyclic amide) rings is 1. The number of carbonyl (C=O) groups is 4. The van der Waals surface area contributed by atoms with Gasteiger partial charge in [-0.05, 0) is 76.0 Å². The van der Waals surface area contributed by atoms with Crippen molar-refractivity contribution in [2.75, 3.05) is 6.61 Å². The summed E-state index contributed by atoms with van der Waals surface area (Å²) in [4.78, 5) is 58.7. The van der Waals surface area contributed by atoms with E-state index in [0.717, 1.165) is 20.1 Å². The Morgan fingerprint density at radius 2 is 1.78 bits per heavy atom. The molecular weight excluding hydrogens is 698 g/mol. The SMILES string of the molecule is C=C(C)C(C(=O)OC(Br)C(=O)c1ccccc1)N1C(=O)C(NC(=O)COc2ccccc2)C1SSc1nc2ccc(C)cc2s1. The Morgan fingerprint density at radius 1 is 1.09 bits per heavy atom. The van der Waals surface area contributed by atoms with Gasteiger partial charge >= 0.3 is 5.97 Å². The number of likely N-dealkylation sites (tertiary alicyclic amines) is 1. The van der Waals surface area contributed by atoms with Gasteiger partial charge in [0.2, 0.25) is 16.7 Å². The van der Waals surface area contributed by atoms with E-state index in [9.17, 15) is 19.2 Å². The van der Waals surface area contributed by atoms with Crippen LogP contribution < -0.4 is 10.1 Å². The molecule has 1 saturated heterocycles. The number of alkyl halides is 1. The summed E-state index contributed by atoms with van der Waals surface area (Å²) in [7, 11) is 2.63. The fourth-order valence-corrected chi connectivity index (χ4v) is 9.02. The number of amides is 2. The van der Waals surface area contributed by atoms with E-state index in [1.807, 2.05) is 25.1 Å². The molecule has 1 aliphatic heterocycles. The van der Waals surface area contributed by atoms with Gasteiger partial charge in [0.25, 0.3) is 5.91 Å². The fraction of sp³-hybridized carbons (Fsp3) is 0.219. The quantitative estimate of drug-likeness (QED) is 0.0432. The van der Waals surface area contributed by atoms with Crippen LogP contribution in [0.25, 0.3) is 10.2 Å². The van der Waals surface area contributed by atoms with Gasteiger partial charge in [0, 0.05) is 5.56 Å². The molecule has 45 heavy (non-hydrogen) atoms. The highest BCUT2D eigenvalue weighted by molar-refractivity contribution is 9.09. The molecule has 13 heteroatoms. The number of nitrogens with zero attached hydrogens (tertiary/aromatic N) is 2. The van der Waals surface area contributed by atoms with Crippen molar-refractivity contribution >= 4 is 82.6 Å². The molecule has 0 radical (unpaired) electrons. The first-order valence-corrected chi connectivity index (χ1v) is 17.7. The zero-order valence-corrected chi connectivity index (χ0v) is 28.2. The van der Waals surface area contributed by atoms with Crippen molar-refractivity contribution in [3.63, 3.8) is 0 Å². The van der Waals surface area contributed by atoms with Crippen LogP contribution in [-0.4, -0.2) is 62.5 Å². The highest BCUT2D eigenvalue weighted by Gasteiger charge is 2.54. The van der Waals surface area contributed by atoms with Crippen molar-refractivity contribution < 1.29 is 28.7 Å². The molecule has 5 rings (SSSR count). The number of esters is 1. The van der Waals surface area contributed by atoms with Gasteiger partial charge in [-0.1, -0.05) is 72.0 Å². The maximum absolute atomic E-state index is 13.6. The summed E-state index contributed by atoms with van der Waals surface area (Å²) in [5.74, 6) is -1.75. The van der Waals surface area contributed by atoms with E-state index in [2.05, 4.69) is 38.9 Å². The van der Waals surface area contributed by atoms with Gasteiger partial charge in [-0.3, -0.25) is 14.4 Å². The zero-order chi connectivity index (χ0) is 32.1. The summed E-state index contributed by atoms with van der Waals surface area (Å²) in [6.45, 7) is 7.25. The minimum atomic E-state index is -1.28. The van der Waals surface area contributed by atoms with Crippen molar-refractivity contribution in [1.29, 1.82) is 0 Å². The molecule has 0 spiro atoms. The second-order valence-corrected chi connectivity index (χ2v) is 14.6. The maximum atomic E-state index is 13.6. The van der Waals surface area contributed by atoms with Gasteiger partial charge in [-0.2, -0.15) is 0 Å². The predicted molar refractivity (Wildman–Crippen MR) is 180 cm³/mol. The third kappa shape index (κ3) is 7.78. The summed E-state index contributed by atoms with van der Waals surface area (Å²) in [5, 5.41) is 0.783. The summed E-state index contributed by atoms with van der Waals surface area (Å²) in [5.41, 5.74) is 2.66. The molecule has 0 aliphatic carbocycles. The number of benzene rings is 3. The lowest BCUT2D eigenvalue weighted by Crippen LogP contribution is -2.73. The van der Waals surface area contributed by atoms with Gasteiger partial charge in [-0.15, -0.1) is 11.3 Å². The summed E-state index contributed by atoms with van der Waals surface area (Å²) in [6.07, 6.45) is 0. The number of ether oxygens (including phenoxy) is 2. The number of rotatable bonds is 13. The largest absolute Gasteiger partial charge is 0.484 e. The molecule has 1 fully saturated rings. The van der Waals surface area contributed by atoms with E-state index in [1.165, 1.54) is 37.8 Å². The predicted octanol–water partition coefficient (Wildman–Crippen LogP) is 6.17. The lowest BCUT2D eigenvalue weighted by molar-refractivity contribution is -0.162. The van der Waals surface area contributed by atoms with E-state index < -0.39 is 46.0 Å². The second-order valence-electron chi connectivity index (χ2n) is 10.1. The van der Waals surface area contributed by atoms with Gasteiger partial charge in [0.1, 0.15) is 17.2 Å². The number of hydrogen-bond donors (Lipinski definition) is 1. The van der Waals surface area contributed by atoms with E-state index in [1.54, 1.807) is 61.5 Å². The molecule has 4 atom stereocenters. The first kappa shape index (κ1) is 32.7. The molecule has 3 aromatic carbocycles. The molecular formula is C32H28BrN3O6S3. The van der Waals surface area contributed by atoms with E-state index in [0.29, 0.717) is 16.9 Å². The molecule has 2 heterocycles. The number of Topliss-reactive ketones (excluding diaryl/α,β-unsaturated/α-hetero) is 1. The van der Waals surface area contributed by atoms with Gasteiger partial charge in [0.15, 0.2) is 17.0 Å². The van der Waals surface area contributed by atoms with Crippen molar-refractivity contribution in [2.24, 2.45) is 0 Å². The Morgan fingerprint density at radius 3 is 2.47 bits per heavy atom. The summed E-state index contributed by atoms with van der Waals surface area (Å²) < 4.78 is 12.8. The van der Waals surface area contributed by atoms with Crippen LogP contribution in [0, 0.1) is 6.92 Å². The Hall–Kier alpha value is -3.65. The van der Waals surface area contributed by atoms with Crippen LogP contribution in [0.4, 0.5) is 0 Å². The third-order valence-electron chi connectivity index (χ3n) is 6.70. The minimum absolute atomic E-state index is 0.297. The lowest BCUT2D eigenvalue weighted by Gasteiger charge is -2.49. The first-order valence-electron chi connectivity index (χ1n) is 13.7. The molecule has 1 aliphatic rings. The van der Waals surface area contributed by atoms with Crippen LogP contribution in [0.15, 0.2) is 95.4 Å². The lowest BCUT2D eigenvalue weighted by atomic mass is 9.99. The number of carbonyl (C=O) groups excluding carboxylic acids is 4. The standard InChI is InChI=1S/C32H28BrN3O6S3/c1-18(2)26(31(40)42-28(33)27(38)20-10-6-4-7-11-20)36-29(39)25(35-24(37)17-41-21-12-8-5-9-13-21)30(36)44-45-32-34-22-15-14-19(3)16-23(22)43-32/h4-16,25-26,28,30H,1,17H2,2-3H3,(H,35,37). The third-order valence-corrected chi connectivity index (χ3v) is 11.3. The van der Waals surface area contributed by atoms with Crippen molar-refractivity contribution in [1.82, 2.24) is 15.2 Å². The van der Waals surface area contributed by atoms with Crippen LogP contribution >= 0.6 is 48.9 Å². The molecule has 4 unspecified atom stereocenters. The number of thiazole rings is 1. The highest BCUT2D eigenvalue weighted by Crippen LogP contribution is 2.45. The molecule has 4 aromatic rings.